The largest absolute Gasteiger partial charge is 0.444 e. The van der Waals surface area contributed by atoms with Crippen LogP contribution in [0.3, 0.4) is 0 Å². The van der Waals surface area contributed by atoms with Gasteiger partial charge in [-0.1, -0.05) is 0 Å². The van der Waals surface area contributed by atoms with Gasteiger partial charge in [0.05, 0.1) is 11.1 Å². The number of carbonyl (C=O) groups is 1. The molecule has 0 spiro atoms. The summed E-state index contributed by atoms with van der Waals surface area (Å²) < 4.78 is 83.1. The van der Waals surface area contributed by atoms with Crippen LogP contribution in [0.1, 0.15) is 31.9 Å². The van der Waals surface area contributed by atoms with Crippen molar-refractivity contribution in [3.8, 4) is 0 Å². The van der Waals surface area contributed by atoms with E-state index in [1.807, 2.05) is 0 Å². The zero-order valence-electron chi connectivity index (χ0n) is 15.0. The molecule has 10 heteroatoms. The number of nitrogens with zero attached hydrogens (tertiary/aromatic N) is 2. The van der Waals surface area contributed by atoms with Crippen LogP contribution >= 0.6 is 0 Å². The lowest BCUT2D eigenvalue weighted by Gasteiger charge is -2.37. The Bertz CT molecular complexity index is 654. The molecule has 4 nitrogen and oxygen atoms in total. The smallest absolute Gasteiger partial charge is 0.416 e. The van der Waals surface area contributed by atoms with E-state index in [0.29, 0.717) is 12.1 Å². The molecular formula is C17H20F6N2O2. The number of carbonyl (C=O) groups excluding carboxylic acids is 1. The topological polar surface area (TPSA) is 32.8 Å². The molecule has 1 heterocycles. The maximum absolute atomic E-state index is 13.0. The lowest BCUT2D eigenvalue weighted by Crippen LogP contribution is -2.50. The van der Waals surface area contributed by atoms with Gasteiger partial charge in [-0.05, 0) is 39.0 Å². The van der Waals surface area contributed by atoms with E-state index >= 15 is 0 Å². The van der Waals surface area contributed by atoms with Gasteiger partial charge < -0.3 is 14.5 Å². The van der Waals surface area contributed by atoms with Gasteiger partial charge in [0.2, 0.25) is 0 Å². The fraction of sp³-hybridized carbons (Fsp3) is 0.588. The monoisotopic (exact) mass is 398 g/mol. The highest BCUT2D eigenvalue weighted by Crippen LogP contribution is 2.38. The van der Waals surface area contributed by atoms with Crippen LogP contribution in [0.5, 0.6) is 0 Å². The van der Waals surface area contributed by atoms with Gasteiger partial charge in [-0.3, -0.25) is 0 Å². The van der Waals surface area contributed by atoms with Gasteiger partial charge in [0.1, 0.15) is 5.60 Å². The number of benzene rings is 1. The standard InChI is InChI=1S/C17H20F6N2O2/c1-15(2,3)27-14(26)25-6-4-24(5-7-25)13-9-11(16(18,19)20)8-12(10-13)17(21,22)23/h8-10H,4-7H2,1-3H3. The van der Waals surface area contributed by atoms with Gasteiger partial charge in [0.15, 0.2) is 0 Å². The van der Waals surface area contributed by atoms with E-state index in [4.69, 9.17) is 4.74 Å². The zero-order valence-corrected chi connectivity index (χ0v) is 15.0. The van der Waals surface area contributed by atoms with Crippen LogP contribution in [0.15, 0.2) is 18.2 Å². The van der Waals surface area contributed by atoms with Gasteiger partial charge in [0, 0.05) is 31.9 Å². The Morgan fingerprint density at radius 1 is 0.852 bits per heavy atom. The summed E-state index contributed by atoms with van der Waals surface area (Å²) in [4.78, 5) is 14.8. The Morgan fingerprint density at radius 2 is 1.30 bits per heavy atom. The summed E-state index contributed by atoms with van der Waals surface area (Å²) in [5, 5.41) is 0. The lowest BCUT2D eigenvalue weighted by molar-refractivity contribution is -0.143. The summed E-state index contributed by atoms with van der Waals surface area (Å²) in [6.07, 6.45) is -10.4. The molecule has 0 N–H and O–H groups in total. The van der Waals surface area contributed by atoms with Crippen LogP contribution in [-0.2, 0) is 17.1 Å². The normalized spacial score (nSPS) is 16.5. The Morgan fingerprint density at radius 3 is 1.67 bits per heavy atom. The molecule has 152 valence electrons. The van der Waals surface area contributed by atoms with Gasteiger partial charge in [-0.25, -0.2) is 4.79 Å². The maximum atomic E-state index is 13.0. The zero-order chi connectivity index (χ0) is 20.6. The maximum Gasteiger partial charge on any atom is 0.416 e. The Balaban J connectivity index is 2.19. The van der Waals surface area contributed by atoms with Crippen LogP contribution in [0.25, 0.3) is 0 Å². The van der Waals surface area contributed by atoms with Crippen LogP contribution in [-0.4, -0.2) is 42.8 Å². The van der Waals surface area contributed by atoms with Crippen LogP contribution in [0, 0.1) is 0 Å². The summed E-state index contributed by atoms with van der Waals surface area (Å²) in [7, 11) is 0. The SMILES string of the molecule is CC(C)(C)OC(=O)N1CCN(c2cc(C(F)(F)F)cc(C(F)(F)F)c2)CC1. The minimum atomic E-state index is -4.89. The number of rotatable bonds is 1. The van der Waals surface area contributed by atoms with E-state index in [1.165, 1.54) is 9.80 Å². The van der Waals surface area contributed by atoms with Crippen molar-refractivity contribution < 1.29 is 35.9 Å². The minimum absolute atomic E-state index is 0.0951. The first-order chi connectivity index (χ1) is 12.2. The molecule has 1 fully saturated rings. The van der Waals surface area contributed by atoms with E-state index < -0.39 is 35.2 Å². The molecule has 0 aromatic heterocycles. The fourth-order valence-corrected chi connectivity index (χ4v) is 2.59. The van der Waals surface area contributed by atoms with Gasteiger partial charge in [-0.15, -0.1) is 0 Å². The highest BCUT2D eigenvalue weighted by molar-refractivity contribution is 5.68. The van der Waals surface area contributed by atoms with Crippen molar-refractivity contribution >= 4 is 11.8 Å². The van der Waals surface area contributed by atoms with Crippen molar-refractivity contribution in [1.82, 2.24) is 4.90 Å². The Labute approximate surface area is 152 Å². The average molecular weight is 398 g/mol. The highest BCUT2D eigenvalue weighted by atomic mass is 19.4. The number of halogens is 6. The van der Waals surface area contributed by atoms with E-state index in [9.17, 15) is 31.1 Å². The molecule has 0 radical (unpaired) electrons. The van der Waals surface area contributed by atoms with Crippen molar-refractivity contribution in [2.75, 3.05) is 31.1 Å². The summed E-state index contributed by atoms with van der Waals surface area (Å²) in [6.45, 7) is 5.54. The third-order valence-electron chi connectivity index (χ3n) is 3.87. The summed E-state index contributed by atoms with van der Waals surface area (Å²) in [5.41, 5.74) is -3.60. The molecule has 2 rings (SSSR count). The Kier molecular flexibility index (Phi) is 5.58. The number of hydrogen-bond acceptors (Lipinski definition) is 3. The number of amides is 1. The molecule has 1 aliphatic rings. The first kappa shape index (κ1) is 21.2. The van der Waals surface area contributed by atoms with Crippen LogP contribution in [0.4, 0.5) is 36.8 Å². The van der Waals surface area contributed by atoms with Crippen molar-refractivity contribution in [2.45, 2.75) is 38.7 Å². The van der Waals surface area contributed by atoms with E-state index in [1.54, 1.807) is 20.8 Å². The summed E-state index contributed by atoms with van der Waals surface area (Å²) in [5.74, 6) is 0. The molecule has 0 aliphatic carbocycles. The molecule has 0 unspecified atom stereocenters. The van der Waals surface area contributed by atoms with E-state index in [2.05, 4.69) is 0 Å². The number of ether oxygens (including phenoxy) is 1. The average Bonchev–Trinajstić information content (AvgIpc) is 2.51. The number of piperazine rings is 1. The van der Waals surface area contributed by atoms with Crippen molar-refractivity contribution in [3.05, 3.63) is 29.3 Å². The van der Waals surface area contributed by atoms with Crippen molar-refractivity contribution in [2.24, 2.45) is 0 Å². The number of anilines is 1. The molecule has 0 atom stereocenters. The molecule has 1 saturated heterocycles. The molecule has 0 saturated carbocycles. The molecule has 0 bridgehead atoms. The van der Waals surface area contributed by atoms with Gasteiger partial charge >= 0.3 is 18.4 Å². The first-order valence-corrected chi connectivity index (χ1v) is 8.19. The van der Waals surface area contributed by atoms with Crippen LogP contribution in [0.2, 0.25) is 0 Å². The van der Waals surface area contributed by atoms with Gasteiger partial charge in [-0.2, -0.15) is 26.3 Å². The molecule has 27 heavy (non-hydrogen) atoms. The minimum Gasteiger partial charge on any atom is -0.444 e. The third-order valence-corrected chi connectivity index (χ3v) is 3.87. The fourth-order valence-electron chi connectivity index (χ4n) is 2.59. The second-order valence-corrected chi connectivity index (χ2v) is 7.22. The van der Waals surface area contributed by atoms with E-state index in [0.717, 1.165) is 0 Å². The van der Waals surface area contributed by atoms with Gasteiger partial charge in [0.25, 0.3) is 0 Å². The Hall–Kier alpha value is -2.13. The van der Waals surface area contributed by atoms with Crippen LogP contribution < -0.4 is 4.90 Å². The highest BCUT2D eigenvalue weighted by Gasteiger charge is 2.37. The summed E-state index contributed by atoms with van der Waals surface area (Å²) >= 11 is 0. The molecule has 1 aromatic rings. The number of alkyl halides is 6. The predicted octanol–water partition coefficient (Wildman–Crippen LogP) is 4.78. The van der Waals surface area contributed by atoms with Crippen molar-refractivity contribution in [1.29, 1.82) is 0 Å². The lowest BCUT2D eigenvalue weighted by atomic mass is 10.1. The molecule has 1 aromatic carbocycles. The number of hydrogen-bond donors (Lipinski definition) is 0. The summed E-state index contributed by atoms with van der Waals surface area (Å²) in [6, 6.07) is 1.48. The molecule has 1 aliphatic heterocycles. The predicted molar refractivity (Wildman–Crippen MR) is 86.5 cm³/mol. The quantitative estimate of drug-likeness (QED) is 0.639. The first-order valence-electron chi connectivity index (χ1n) is 8.19. The van der Waals surface area contributed by atoms with Crippen molar-refractivity contribution in [3.63, 3.8) is 0 Å². The second kappa shape index (κ2) is 7.12. The second-order valence-electron chi connectivity index (χ2n) is 7.22. The van der Waals surface area contributed by atoms with E-state index in [-0.39, 0.29) is 37.9 Å². The third kappa shape index (κ3) is 5.67. The molecular weight excluding hydrogens is 378 g/mol. The molecule has 1 amide bonds.